The van der Waals surface area contributed by atoms with E-state index < -0.39 is 17.5 Å². The van der Waals surface area contributed by atoms with Gasteiger partial charge in [0.15, 0.2) is 0 Å². The molecule has 96 valence electrons. The summed E-state index contributed by atoms with van der Waals surface area (Å²) in [7, 11) is 0. The molecule has 1 atom stereocenters. The maximum Gasteiger partial charge on any atom is 0.331 e. The zero-order chi connectivity index (χ0) is 13.4. The van der Waals surface area contributed by atoms with Gasteiger partial charge in [0.05, 0.1) is 5.52 Å². The maximum absolute atomic E-state index is 14.5. The third-order valence-corrected chi connectivity index (χ3v) is 2.95. The lowest BCUT2D eigenvalue weighted by atomic mass is 10.2. The lowest BCUT2D eigenvalue weighted by Crippen LogP contribution is -2.31. The van der Waals surface area contributed by atoms with Gasteiger partial charge in [-0.15, -0.1) is 0 Å². The van der Waals surface area contributed by atoms with Gasteiger partial charge in [0, 0.05) is 11.8 Å². The molecule has 1 aromatic carbocycles. The number of rotatable bonds is 2. The Labute approximate surface area is 106 Å². The van der Waals surface area contributed by atoms with Crippen LogP contribution in [0.1, 0.15) is 11.9 Å². The number of fused-ring (bicyclic) bond motifs is 1. The van der Waals surface area contributed by atoms with E-state index in [9.17, 15) is 14.0 Å². The van der Waals surface area contributed by atoms with Crippen LogP contribution >= 0.6 is 0 Å². The van der Waals surface area contributed by atoms with Gasteiger partial charge < -0.3 is 4.98 Å². The van der Waals surface area contributed by atoms with Gasteiger partial charge in [-0.25, -0.2) is 9.18 Å². The van der Waals surface area contributed by atoms with Crippen LogP contribution in [0.5, 0.6) is 0 Å². The second kappa shape index (κ2) is 4.24. The van der Waals surface area contributed by atoms with E-state index >= 15 is 0 Å². The molecule has 0 fully saturated rings. The number of H-pyrrole nitrogens is 2. The van der Waals surface area contributed by atoms with Gasteiger partial charge in [0.25, 0.3) is 5.56 Å². The largest absolute Gasteiger partial charge is 0.355 e. The monoisotopic (exact) mass is 259 g/mol. The second-order valence-electron chi connectivity index (χ2n) is 4.11. The highest BCUT2D eigenvalue weighted by Crippen LogP contribution is 2.20. The molecule has 0 aliphatic heterocycles. The SMILES string of the molecule is O=c1[nH]c(=O)n(C(F)c2ccccc2)c2cc[nH]c12. The molecule has 1 unspecified atom stereocenters. The topological polar surface area (TPSA) is 70.7 Å². The van der Waals surface area contributed by atoms with Crippen molar-refractivity contribution in [2.24, 2.45) is 0 Å². The molecule has 3 rings (SSSR count). The first kappa shape index (κ1) is 11.5. The standard InChI is InChI=1S/C13H10FN3O2/c14-11(8-4-2-1-3-5-8)17-9-6-7-15-10(9)12(18)16-13(17)19/h1-7,11,15H,(H,16,18,19). The number of nitrogens with zero attached hydrogens (tertiary/aromatic N) is 1. The van der Waals surface area contributed by atoms with Crippen molar-refractivity contribution in [3.63, 3.8) is 0 Å². The molecular formula is C13H10FN3O2. The van der Waals surface area contributed by atoms with Crippen LogP contribution in [-0.4, -0.2) is 14.5 Å². The molecule has 0 bridgehead atoms. The van der Waals surface area contributed by atoms with Crippen molar-refractivity contribution in [1.82, 2.24) is 14.5 Å². The van der Waals surface area contributed by atoms with Crippen molar-refractivity contribution in [2.75, 3.05) is 0 Å². The Balaban J connectivity index is 2.29. The first-order chi connectivity index (χ1) is 9.18. The number of aromatic amines is 2. The van der Waals surface area contributed by atoms with Crippen LogP contribution < -0.4 is 11.2 Å². The van der Waals surface area contributed by atoms with E-state index in [0.29, 0.717) is 5.56 Å². The summed E-state index contributed by atoms with van der Waals surface area (Å²) in [5.74, 6) is 0. The molecule has 2 aromatic heterocycles. The fourth-order valence-corrected chi connectivity index (χ4v) is 2.06. The van der Waals surface area contributed by atoms with E-state index in [-0.39, 0.29) is 11.0 Å². The zero-order valence-electron chi connectivity index (χ0n) is 9.76. The fourth-order valence-electron chi connectivity index (χ4n) is 2.06. The third-order valence-electron chi connectivity index (χ3n) is 2.95. The highest BCUT2D eigenvalue weighted by atomic mass is 19.1. The summed E-state index contributed by atoms with van der Waals surface area (Å²) in [5, 5.41) is 0. The molecule has 0 spiro atoms. The smallest absolute Gasteiger partial charge is 0.331 e. The van der Waals surface area contributed by atoms with E-state index in [0.717, 1.165) is 4.57 Å². The van der Waals surface area contributed by atoms with Crippen LogP contribution in [0.15, 0.2) is 52.2 Å². The molecule has 2 N–H and O–H groups in total. The number of alkyl halides is 1. The maximum atomic E-state index is 14.5. The molecule has 0 aliphatic carbocycles. The first-order valence-electron chi connectivity index (χ1n) is 5.69. The van der Waals surface area contributed by atoms with E-state index in [1.54, 1.807) is 30.3 Å². The molecule has 19 heavy (non-hydrogen) atoms. The van der Waals surface area contributed by atoms with Crippen molar-refractivity contribution in [3.05, 3.63) is 69.0 Å². The molecule has 2 heterocycles. The Morgan fingerprint density at radius 3 is 2.58 bits per heavy atom. The Kier molecular flexibility index (Phi) is 2.56. The molecule has 5 nitrogen and oxygen atoms in total. The van der Waals surface area contributed by atoms with E-state index in [4.69, 9.17) is 0 Å². The highest BCUT2D eigenvalue weighted by Gasteiger charge is 2.18. The van der Waals surface area contributed by atoms with E-state index in [2.05, 4.69) is 9.97 Å². The Morgan fingerprint density at radius 2 is 1.84 bits per heavy atom. The third kappa shape index (κ3) is 1.77. The Bertz CT molecular complexity index is 832. The number of benzene rings is 1. The van der Waals surface area contributed by atoms with Gasteiger partial charge in [-0.1, -0.05) is 30.3 Å². The first-order valence-corrected chi connectivity index (χ1v) is 5.69. The van der Waals surface area contributed by atoms with Gasteiger partial charge in [0.2, 0.25) is 6.30 Å². The van der Waals surface area contributed by atoms with E-state index in [1.807, 2.05) is 0 Å². The minimum Gasteiger partial charge on any atom is -0.355 e. The molecule has 6 heteroatoms. The normalized spacial score (nSPS) is 12.7. The number of aromatic nitrogens is 3. The van der Waals surface area contributed by atoms with Crippen LogP contribution in [0.25, 0.3) is 11.0 Å². The quantitative estimate of drug-likeness (QED) is 0.732. The van der Waals surface area contributed by atoms with Gasteiger partial charge >= 0.3 is 5.69 Å². The minimum absolute atomic E-state index is 0.179. The number of nitrogens with one attached hydrogen (secondary N) is 2. The minimum atomic E-state index is -1.65. The Hall–Kier alpha value is -2.63. The molecule has 0 amide bonds. The van der Waals surface area contributed by atoms with Crippen molar-refractivity contribution in [3.8, 4) is 0 Å². The predicted octanol–water partition coefficient (Wildman–Crippen LogP) is 1.53. The summed E-state index contributed by atoms with van der Waals surface area (Å²) in [6.07, 6.45) is -0.156. The second-order valence-corrected chi connectivity index (χ2v) is 4.11. The molecule has 3 aromatic rings. The molecule has 0 saturated heterocycles. The zero-order valence-corrected chi connectivity index (χ0v) is 9.76. The summed E-state index contributed by atoms with van der Waals surface area (Å²) < 4.78 is 15.4. The summed E-state index contributed by atoms with van der Waals surface area (Å²) in [5.41, 5.74) is -0.558. The lowest BCUT2D eigenvalue weighted by molar-refractivity contribution is 0.293. The summed E-state index contributed by atoms with van der Waals surface area (Å²) in [6, 6.07) is 9.81. The number of hydrogen-bond donors (Lipinski definition) is 2. The van der Waals surface area contributed by atoms with Crippen LogP contribution in [0.3, 0.4) is 0 Å². The van der Waals surface area contributed by atoms with Crippen molar-refractivity contribution in [1.29, 1.82) is 0 Å². The van der Waals surface area contributed by atoms with Crippen molar-refractivity contribution < 1.29 is 4.39 Å². The summed E-state index contributed by atoms with van der Waals surface area (Å²) in [6.45, 7) is 0. The lowest BCUT2D eigenvalue weighted by Gasteiger charge is -2.12. The van der Waals surface area contributed by atoms with Gasteiger partial charge in [0.1, 0.15) is 5.52 Å². The molecule has 0 aliphatic rings. The van der Waals surface area contributed by atoms with Gasteiger partial charge in [-0.3, -0.25) is 14.3 Å². The summed E-state index contributed by atoms with van der Waals surface area (Å²) >= 11 is 0. The fraction of sp³-hybridized carbons (Fsp3) is 0.0769. The van der Waals surface area contributed by atoms with Crippen LogP contribution in [-0.2, 0) is 0 Å². The summed E-state index contributed by atoms with van der Waals surface area (Å²) in [4.78, 5) is 28.2. The van der Waals surface area contributed by atoms with Crippen LogP contribution in [0.2, 0.25) is 0 Å². The average Bonchev–Trinajstić information content (AvgIpc) is 2.89. The molecule has 0 saturated carbocycles. The number of hydrogen-bond acceptors (Lipinski definition) is 2. The van der Waals surface area contributed by atoms with Gasteiger partial charge in [-0.2, -0.15) is 0 Å². The molecular weight excluding hydrogens is 249 g/mol. The van der Waals surface area contributed by atoms with Crippen LogP contribution in [0.4, 0.5) is 4.39 Å². The van der Waals surface area contributed by atoms with Gasteiger partial charge in [-0.05, 0) is 6.07 Å². The average molecular weight is 259 g/mol. The number of halogens is 1. The van der Waals surface area contributed by atoms with Crippen LogP contribution in [0, 0.1) is 0 Å². The highest BCUT2D eigenvalue weighted by molar-refractivity contribution is 5.74. The van der Waals surface area contributed by atoms with Crippen molar-refractivity contribution in [2.45, 2.75) is 6.30 Å². The molecule has 0 radical (unpaired) electrons. The Morgan fingerprint density at radius 1 is 1.11 bits per heavy atom. The van der Waals surface area contributed by atoms with E-state index in [1.165, 1.54) is 12.3 Å². The van der Waals surface area contributed by atoms with Crippen molar-refractivity contribution >= 4 is 11.0 Å². The predicted molar refractivity (Wildman–Crippen MR) is 68.9 cm³/mol.